The molecule has 3 rings (SSSR count). The van der Waals surface area contributed by atoms with E-state index in [1.807, 2.05) is 18.2 Å². The molecule has 0 saturated carbocycles. The zero-order valence-electron chi connectivity index (χ0n) is 11.8. The van der Waals surface area contributed by atoms with Crippen molar-refractivity contribution in [2.75, 3.05) is 18.5 Å². The smallest absolute Gasteiger partial charge is 0.221 e. The molecule has 1 amide bonds. The van der Waals surface area contributed by atoms with Crippen LogP contribution in [0.1, 0.15) is 12.1 Å². The molecule has 2 aromatic rings. The molecule has 0 fully saturated rings. The summed E-state index contributed by atoms with van der Waals surface area (Å²) in [6, 6.07) is 7.41. The third-order valence-corrected chi connectivity index (χ3v) is 3.57. The second-order valence-electron chi connectivity index (χ2n) is 4.76. The molecule has 2 heterocycles. The van der Waals surface area contributed by atoms with E-state index in [0.29, 0.717) is 48.7 Å². The Morgan fingerprint density at radius 3 is 2.86 bits per heavy atom. The van der Waals surface area contributed by atoms with Gasteiger partial charge in [-0.05, 0) is 18.2 Å². The van der Waals surface area contributed by atoms with Gasteiger partial charge in [0.2, 0.25) is 5.91 Å². The molecule has 0 radical (unpaired) electrons. The number of nitrogens with zero attached hydrogens (tertiary/aromatic N) is 1. The van der Waals surface area contributed by atoms with Gasteiger partial charge in [-0.25, -0.2) is 0 Å². The minimum absolute atomic E-state index is 0.0271. The second kappa shape index (κ2) is 6.83. The number of fused-ring (bicyclic) bond motifs is 1. The minimum Gasteiger partial charge on any atom is -0.486 e. The quantitative estimate of drug-likeness (QED) is 0.823. The number of nitrogens with one attached hydrogen (secondary N) is 1. The van der Waals surface area contributed by atoms with Crippen molar-refractivity contribution in [3.05, 3.63) is 30.0 Å². The average Bonchev–Trinajstić information content (AvgIpc) is 3.02. The number of ether oxygens (including phenoxy) is 2. The van der Waals surface area contributed by atoms with Crippen LogP contribution in [-0.4, -0.2) is 29.6 Å². The van der Waals surface area contributed by atoms with Gasteiger partial charge in [0.05, 0.1) is 6.54 Å². The Bertz CT molecular complexity index is 671. The molecule has 1 aromatic heterocycles. The third kappa shape index (κ3) is 3.41. The van der Waals surface area contributed by atoms with Gasteiger partial charge in [0.1, 0.15) is 18.9 Å². The summed E-state index contributed by atoms with van der Waals surface area (Å²) < 4.78 is 16.4. The van der Waals surface area contributed by atoms with Crippen LogP contribution >= 0.6 is 15.9 Å². The standard InChI is InChI=1S/C15H15BrN2O4/c16-4-3-15(19)17-9-11-8-13(22-18-11)10-1-2-12-14(7-10)21-6-5-20-12/h1-2,7-8H,3-6,9H2,(H,17,19). The lowest BCUT2D eigenvalue weighted by atomic mass is 10.1. The van der Waals surface area contributed by atoms with Crippen molar-refractivity contribution in [1.29, 1.82) is 0 Å². The van der Waals surface area contributed by atoms with Crippen molar-refractivity contribution >= 4 is 21.8 Å². The minimum atomic E-state index is -0.0271. The number of benzene rings is 1. The topological polar surface area (TPSA) is 73.6 Å². The summed E-state index contributed by atoms with van der Waals surface area (Å²) in [7, 11) is 0. The summed E-state index contributed by atoms with van der Waals surface area (Å²) in [6.07, 6.45) is 0.437. The summed E-state index contributed by atoms with van der Waals surface area (Å²) in [5, 5.41) is 7.38. The van der Waals surface area contributed by atoms with E-state index in [9.17, 15) is 4.79 Å². The van der Waals surface area contributed by atoms with E-state index in [2.05, 4.69) is 26.4 Å². The van der Waals surface area contributed by atoms with Crippen LogP contribution in [0.15, 0.2) is 28.8 Å². The van der Waals surface area contributed by atoms with Crippen LogP contribution in [0.5, 0.6) is 11.5 Å². The molecule has 1 N–H and O–H groups in total. The fraction of sp³-hybridized carbons (Fsp3) is 0.333. The normalized spacial score (nSPS) is 13.0. The number of alkyl halides is 1. The van der Waals surface area contributed by atoms with Crippen LogP contribution in [0.3, 0.4) is 0 Å². The van der Waals surface area contributed by atoms with E-state index in [0.717, 1.165) is 11.3 Å². The van der Waals surface area contributed by atoms with Gasteiger partial charge in [-0.3, -0.25) is 4.79 Å². The number of hydrogen-bond donors (Lipinski definition) is 1. The highest BCUT2D eigenvalue weighted by atomic mass is 79.9. The molecule has 1 aliphatic rings. The van der Waals surface area contributed by atoms with E-state index < -0.39 is 0 Å². The van der Waals surface area contributed by atoms with Gasteiger partial charge in [-0.2, -0.15) is 0 Å². The molecule has 0 bridgehead atoms. The Balaban J connectivity index is 1.69. The highest BCUT2D eigenvalue weighted by molar-refractivity contribution is 9.09. The molecule has 0 saturated heterocycles. The van der Waals surface area contributed by atoms with Crippen LogP contribution in [0, 0.1) is 0 Å². The Hall–Kier alpha value is -2.02. The van der Waals surface area contributed by atoms with E-state index in [-0.39, 0.29) is 5.91 Å². The van der Waals surface area contributed by atoms with Crippen molar-refractivity contribution in [2.45, 2.75) is 13.0 Å². The van der Waals surface area contributed by atoms with E-state index in [4.69, 9.17) is 14.0 Å². The second-order valence-corrected chi connectivity index (χ2v) is 5.55. The SMILES string of the molecule is O=C(CCBr)NCc1cc(-c2ccc3c(c2)OCCO3)on1. The number of amides is 1. The predicted molar refractivity (Wildman–Crippen MR) is 83.2 cm³/mol. The predicted octanol–water partition coefficient (Wildman–Crippen LogP) is 2.51. The fourth-order valence-corrected chi connectivity index (χ4v) is 2.45. The largest absolute Gasteiger partial charge is 0.486 e. The number of hydrogen-bond acceptors (Lipinski definition) is 5. The highest BCUT2D eigenvalue weighted by Gasteiger charge is 2.14. The monoisotopic (exact) mass is 366 g/mol. The molecule has 6 nitrogen and oxygen atoms in total. The van der Waals surface area contributed by atoms with E-state index in [1.165, 1.54) is 0 Å². The van der Waals surface area contributed by atoms with Crippen LogP contribution < -0.4 is 14.8 Å². The Morgan fingerprint density at radius 1 is 1.23 bits per heavy atom. The maximum atomic E-state index is 11.4. The van der Waals surface area contributed by atoms with Crippen molar-refractivity contribution < 1.29 is 18.8 Å². The molecule has 1 aliphatic heterocycles. The summed E-state index contributed by atoms with van der Waals surface area (Å²) >= 11 is 3.22. The number of carbonyl (C=O) groups is 1. The van der Waals surface area contributed by atoms with E-state index >= 15 is 0 Å². The first kappa shape index (κ1) is 14.9. The molecule has 0 aliphatic carbocycles. The zero-order chi connectivity index (χ0) is 15.4. The molecular formula is C15H15BrN2O4. The van der Waals surface area contributed by atoms with Crippen molar-refractivity contribution in [2.24, 2.45) is 0 Å². The molecule has 7 heteroatoms. The van der Waals surface area contributed by atoms with Crippen LogP contribution in [-0.2, 0) is 11.3 Å². The average molecular weight is 367 g/mol. The molecule has 0 unspecified atom stereocenters. The van der Waals surface area contributed by atoms with E-state index in [1.54, 1.807) is 6.07 Å². The Labute approximate surface area is 135 Å². The van der Waals surface area contributed by atoms with Gasteiger partial charge in [0.15, 0.2) is 17.3 Å². The van der Waals surface area contributed by atoms with Crippen molar-refractivity contribution in [1.82, 2.24) is 10.5 Å². The van der Waals surface area contributed by atoms with Crippen LogP contribution in [0.25, 0.3) is 11.3 Å². The first-order chi connectivity index (χ1) is 10.8. The molecule has 116 valence electrons. The third-order valence-electron chi connectivity index (χ3n) is 3.17. The highest BCUT2D eigenvalue weighted by Crippen LogP contribution is 2.34. The zero-order valence-corrected chi connectivity index (χ0v) is 13.4. The number of rotatable bonds is 5. The van der Waals surface area contributed by atoms with Crippen molar-refractivity contribution in [3.8, 4) is 22.8 Å². The first-order valence-electron chi connectivity index (χ1n) is 6.94. The summed E-state index contributed by atoms with van der Waals surface area (Å²) in [4.78, 5) is 11.4. The van der Waals surface area contributed by atoms with Gasteiger partial charge in [0, 0.05) is 23.4 Å². The fourth-order valence-electron chi connectivity index (χ4n) is 2.09. The van der Waals surface area contributed by atoms with Crippen LogP contribution in [0.4, 0.5) is 0 Å². The number of aromatic nitrogens is 1. The van der Waals surface area contributed by atoms with Gasteiger partial charge in [-0.1, -0.05) is 21.1 Å². The molecular weight excluding hydrogens is 352 g/mol. The van der Waals surface area contributed by atoms with Gasteiger partial charge in [-0.15, -0.1) is 0 Å². The van der Waals surface area contributed by atoms with Gasteiger partial charge < -0.3 is 19.3 Å². The molecule has 1 aromatic carbocycles. The number of carbonyl (C=O) groups excluding carboxylic acids is 1. The molecule has 0 spiro atoms. The lowest BCUT2D eigenvalue weighted by molar-refractivity contribution is -0.120. The summed E-state index contributed by atoms with van der Waals surface area (Å²) in [5.74, 6) is 2.03. The summed E-state index contributed by atoms with van der Waals surface area (Å²) in [5.41, 5.74) is 1.53. The lowest BCUT2D eigenvalue weighted by Gasteiger charge is -2.18. The molecule has 22 heavy (non-hydrogen) atoms. The maximum absolute atomic E-state index is 11.4. The van der Waals surface area contributed by atoms with Crippen LogP contribution in [0.2, 0.25) is 0 Å². The number of halogens is 1. The Morgan fingerprint density at radius 2 is 2.05 bits per heavy atom. The lowest BCUT2D eigenvalue weighted by Crippen LogP contribution is -2.22. The maximum Gasteiger partial charge on any atom is 0.221 e. The van der Waals surface area contributed by atoms with Gasteiger partial charge >= 0.3 is 0 Å². The molecule has 0 atom stereocenters. The Kier molecular flexibility index (Phi) is 4.62. The van der Waals surface area contributed by atoms with Gasteiger partial charge in [0.25, 0.3) is 0 Å². The van der Waals surface area contributed by atoms with Crippen molar-refractivity contribution in [3.63, 3.8) is 0 Å². The first-order valence-corrected chi connectivity index (χ1v) is 8.06. The summed E-state index contributed by atoms with van der Waals surface area (Å²) in [6.45, 7) is 1.45.